The predicted molar refractivity (Wildman–Crippen MR) is 81.5 cm³/mol. The molecule has 5 nitrogen and oxygen atoms in total. The Bertz CT molecular complexity index is 668. The van der Waals surface area contributed by atoms with E-state index in [1.54, 1.807) is 35.2 Å². The highest BCUT2D eigenvalue weighted by molar-refractivity contribution is 7.09. The first kappa shape index (κ1) is 13.8. The van der Waals surface area contributed by atoms with E-state index < -0.39 is 0 Å². The van der Waals surface area contributed by atoms with Crippen LogP contribution in [0.3, 0.4) is 0 Å². The molecule has 1 aliphatic heterocycles. The normalized spacial score (nSPS) is 13.4. The number of aryl methyl sites for hydroxylation is 1. The summed E-state index contributed by atoms with van der Waals surface area (Å²) in [5.41, 5.74) is 4.09. The quantitative estimate of drug-likeness (QED) is 0.907. The first-order valence-corrected chi connectivity index (χ1v) is 7.69. The Kier molecular flexibility index (Phi) is 3.96. The second-order valence-electron chi connectivity index (χ2n) is 4.85. The van der Waals surface area contributed by atoms with Crippen LogP contribution >= 0.6 is 11.3 Å². The van der Waals surface area contributed by atoms with Crippen molar-refractivity contribution in [3.8, 4) is 0 Å². The molecule has 6 heteroatoms. The van der Waals surface area contributed by atoms with Crippen molar-refractivity contribution in [2.45, 2.75) is 19.3 Å². The van der Waals surface area contributed by atoms with Crippen LogP contribution in [0, 0.1) is 0 Å². The predicted octanol–water partition coefficient (Wildman–Crippen LogP) is 2.00. The van der Waals surface area contributed by atoms with E-state index >= 15 is 0 Å². The Morgan fingerprint density at radius 3 is 3.14 bits per heavy atom. The van der Waals surface area contributed by atoms with Crippen LogP contribution in [-0.4, -0.2) is 23.3 Å². The van der Waals surface area contributed by atoms with Gasteiger partial charge >= 0.3 is 0 Å². The van der Waals surface area contributed by atoms with Crippen LogP contribution in [0.15, 0.2) is 29.9 Å². The van der Waals surface area contributed by atoms with Crippen LogP contribution in [0.25, 0.3) is 0 Å². The fraction of sp³-hybridized carbons (Fsp3) is 0.267. The average molecular weight is 301 g/mol. The fourth-order valence-corrected chi connectivity index (χ4v) is 3.00. The molecule has 0 saturated heterocycles. The maximum absolute atomic E-state index is 12.0. The lowest BCUT2D eigenvalue weighted by Crippen LogP contribution is -2.32. The third kappa shape index (κ3) is 3.11. The van der Waals surface area contributed by atoms with Crippen LogP contribution < -0.4 is 10.6 Å². The molecule has 3 rings (SSSR count). The lowest BCUT2D eigenvalue weighted by molar-refractivity contribution is -0.116. The second kappa shape index (κ2) is 6.05. The molecular formula is C15H15N3O2S. The topological polar surface area (TPSA) is 71.1 Å². The molecule has 2 heterocycles. The Labute approximate surface area is 126 Å². The monoisotopic (exact) mass is 301 g/mol. The zero-order valence-corrected chi connectivity index (χ0v) is 12.2. The highest BCUT2D eigenvalue weighted by Gasteiger charge is 2.19. The number of carbonyl (C=O) groups is 2. The molecule has 0 saturated carbocycles. The van der Waals surface area contributed by atoms with E-state index in [2.05, 4.69) is 15.6 Å². The molecule has 0 fully saturated rings. The molecule has 0 atom stereocenters. The van der Waals surface area contributed by atoms with E-state index in [4.69, 9.17) is 0 Å². The highest BCUT2D eigenvalue weighted by Crippen LogP contribution is 2.23. The van der Waals surface area contributed by atoms with Gasteiger partial charge in [-0.05, 0) is 30.5 Å². The van der Waals surface area contributed by atoms with Crippen molar-refractivity contribution < 1.29 is 9.59 Å². The molecule has 1 aliphatic rings. The first-order valence-electron chi connectivity index (χ1n) is 6.81. The van der Waals surface area contributed by atoms with E-state index in [-0.39, 0.29) is 11.8 Å². The largest absolute Gasteiger partial charge is 0.352 e. The molecule has 0 unspecified atom stereocenters. The maximum atomic E-state index is 12.0. The zero-order chi connectivity index (χ0) is 14.7. The second-order valence-corrected chi connectivity index (χ2v) is 5.82. The molecule has 108 valence electrons. The minimum absolute atomic E-state index is 0.0391. The molecule has 2 N–H and O–H groups in total. The number of aromatic nitrogens is 1. The molecule has 2 amide bonds. The van der Waals surface area contributed by atoms with Gasteiger partial charge in [0.05, 0.1) is 5.51 Å². The number of carbonyl (C=O) groups excluding carboxylic acids is 2. The molecule has 21 heavy (non-hydrogen) atoms. The summed E-state index contributed by atoms with van der Waals surface area (Å²) in [4.78, 5) is 28.9. The van der Waals surface area contributed by atoms with Crippen molar-refractivity contribution in [2.24, 2.45) is 0 Å². The van der Waals surface area contributed by atoms with Gasteiger partial charge in [0.15, 0.2) is 0 Å². The standard InChI is InChI=1S/C15H15N3O2S/c19-14(5-4-10-8-16-9-21-10)18-13-3-1-2-12-11(13)6-7-17-15(12)20/h1-3,8-9H,4-7H2,(H,17,20)(H,18,19). The van der Waals surface area contributed by atoms with E-state index in [0.29, 0.717) is 24.9 Å². The molecule has 0 radical (unpaired) electrons. The summed E-state index contributed by atoms with van der Waals surface area (Å²) in [6, 6.07) is 5.43. The molecule has 0 aliphatic carbocycles. The van der Waals surface area contributed by atoms with Gasteiger partial charge in [-0.25, -0.2) is 0 Å². The SMILES string of the molecule is O=C(CCc1cncs1)Nc1cccc2c1CCNC2=O. The van der Waals surface area contributed by atoms with Crippen molar-refractivity contribution in [2.75, 3.05) is 11.9 Å². The van der Waals surface area contributed by atoms with Crippen molar-refractivity contribution in [1.82, 2.24) is 10.3 Å². The Balaban J connectivity index is 1.69. The number of benzene rings is 1. The number of rotatable bonds is 4. The highest BCUT2D eigenvalue weighted by atomic mass is 32.1. The third-order valence-electron chi connectivity index (χ3n) is 3.44. The summed E-state index contributed by atoms with van der Waals surface area (Å²) >= 11 is 1.55. The summed E-state index contributed by atoms with van der Waals surface area (Å²) in [6.07, 6.45) is 3.63. The summed E-state index contributed by atoms with van der Waals surface area (Å²) in [7, 11) is 0. The van der Waals surface area contributed by atoms with Crippen LogP contribution in [0.2, 0.25) is 0 Å². The number of fused-ring (bicyclic) bond motifs is 1. The van der Waals surface area contributed by atoms with Gasteiger partial charge in [-0.1, -0.05) is 6.07 Å². The lowest BCUT2D eigenvalue weighted by Gasteiger charge is -2.19. The van der Waals surface area contributed by atoms with Crippen LogP contribution in [0.1, 0.15) is 27.2 Å². The molecule has 2 aromatic rings. The Morgan fingerprint density at radius 2 is 2.33 bits per heavy atom. The van der Waals surface area contributed by atoms with E-state index in [1.807, 2.05) is 6.07 Å². The van der Waals surface area contributed by atoms with Gasteiger partial charge in [0.2, 0.25) is 5.91 Å². The number of nitrogens with one attached hydrogen (secondary N) is 2. The van der Waals surface area contributed by atoms with Crippen molar-refractivity contribution in [1.29, 1.82) is 0 Å². The van der Waals surface area contributed by atoms with Crippen molar-refractivity contribution in [3.63, 3.8) is 0 Å². The zero-order valence-electron chi connectivity index (χ0n) is 11.4. The van der Waals surface area contributed by atoms with Gasteiger partial charge in [-0.3, -0.25) is 14.6 Å². The van der Waals surface area contributed by atoms with E-state index in [1.165, 1.54) is 0 Å². The number of amides is 2. The lowest BCUT2D eigenvalue weighted by atomic mass is 9.98. The number of nitrogens with zero attached hydrogens (tertiary/aromatic N) is 1. The van der Waals surface area contributed by atoms with Crippen LogP contribution in [0.5, 0.6) is 0 Å². The minimum Gasteiger partial charge on any atom is -0.352 e. The fourth-order valence-electron chi connectivity index (χ4n) is 2.40. The van der Waals surface area contributed by atoms with E-state index in [0.717, 1.165) is 22.5 Å². The summed E-state index contributed by atoms with van der Waals surface area (Å²) < 4.78 is 0. The Morgan fingerprint density at radius 1 is 1.43 bits per heavy atom. The van der Waals surface area contributed by atoms with Crippen molar-refractivity contribution in [3.05, 3.63) is 45.9 Å². The number of hydrogen-bond acceptors (Lipinski definition) is 4. The molecule has 0 spiro atoms. The summed E-state index contributed by atoms with van der Waals surface area (Å²) in [5, 5.41) is 5.72. The Hall–Kier alpha value is -2.21. The van der Waals surface area contributed by atoms with E-state index in [9.17, 15) is 9.59 Å². The van der Waals surface area contributed by atoms with Gasteiger partial charge in [-0.15, -0.1) is 11.3 Å². The van der Waals surface area contributed by atoms with Gasteiger partial charge in [0.1, 0.15) is 0 Å². The first-order chi connectivity index (χ1) is 10.2. The number of anilines is 1. The summed E-state index contributed by atoms with van der Waals surface area (Å²) in [6.45, 7) is 0.611. The number of hydrogen-bond donors (Lipinski definition) is 2. The maximum Gasteiger partial charge on any atom is 0.251 e. The molecule has 0 bridgehead atoms. The summed E-state index contributed by atoms with van der Waals surface area (Å²) in [5.74, 6) is -0.111. The third-order valence-corrected chi connectivity index (χ3v) is 4.28. The smallest absolute Gasteiger partial charge is 0.251 e. The van der Waals surface area contributed by atoms with Gasteiger partial charge in [-0.2, -0.15) is 0 Å². The van der Waals surface area contributed by atoms with Gasteiger partial charge in [0, 0.05) is 35.3 Å². The molecule has 1 aromatic carbocycles. The van der Waals surface area contributed by atoms with Crippen LogP contribution in [0.4, 0.5) is 5.69 Å². The van der Waals surface area contributed by atoms with Gasteiger partial charge in [0.25, 0.3) is 5.91 Å². The minimum atomic E-state index is -0.0722. The van der Waals surface area contributed by atoms with Gasteiger partial charge < -0.3 is 10.6 Å². The average Bonchev–Trinajstić information content (AvgIpc) is 3.00. The van der Waals surface area contributed by atoms with Crippen molar-refractivity contribution >= 4 is 28.8 Å². The van der Waals surface area contributed by atoms with Crippen LogP contribution in [-0.2, 0) is 17.6 Å². The molecular weight excluding hydrogens is 286 g/mol. The molecule has 1 aromatic heterocycles. The number of thiazole rings is 1.